The molecule has 0 saturated carbocycles. The summed E-state index contributed by atoms with van der Waals surface area (Å²) >= 11 is 0. The van der Waals surface area contributed by atoms with Gasteiger partial charge in [0.05, 0.1) is 6.20 Å². The number of nitrogens with one attached hydrogen (secondary N) is 1. The van der Waals surface area contributed by atoms with Crippen LogP contribution in [0.15, 0.2) is 60.6 Å². The van der Waals surface area contributed by atoms with Gasteiger partial charge in [0.1, 0.15) is 11.4 Å². The molecule has 2 aromatic rings. The van der Waals surface area contributed by atoms with Crippen molar-refractivity contribution in [3.63, 3.8) is 0 Å². The first kappa shape index (κ1) is 17.2. The number of unbranched alkanes of at least 4 members (excludes halogenated alkanes) is 1. The summed E-state index contributed by atoms with van der Waals surface area (Å²) in [4.78, 5) is 0. The van der Waals surface area contributed by atoms with E-state index >= 15 is 0 Å². The SMILES string of the molecule is O=S1(=O)NC(O)=CN1c1ccc(CCCCc2ccccc2)cc1O. The van der Waals surface area contributed by atoms with E-state index in [1.807, 2.05) is 22.9 Å². The van der Waals surface area contributed by atoms with E-state index in [1.165, 1.54) is 11.6 Å². The van der Waals surface area contributed by atoms with Gasteiger partial charge in [-0.15, -0.1) is 0 Å². The quantitative estimate of drug-likeness (QED) is 0.691. The highest BCUT2D eigenvalue weighted by molar-refractivity contribution is 7.91. The fourth-order valence-electron chi connectivity index (χ4n) is 2.80. The van der Waals surface area contributed by atoms with E-state index in [0.717, 1.165) is 41.8 Å². The second-order valence-corrected chi connectivity index (χ2v) is 7.48. The largest absolute Gasteiger partial charge is 0.506 e. The summed E-state index contributed by atoms with van der Waals surface area (Å²) in [5.41, 5.74) is 2.34. The summed E-state index contributed by atoms with van der Waals surface area (Å²) in [5, 5.41) is 19.5. The zero-order valence-corrected chi connectivity index (χ0v) is 14.4. The minimum absolute atomic E-state index is 0.101. The Balaban J connectivity index is 1.61. The smallest absolute Gasteiger partial charge is 0.330 e. The summed E-state index contributed by atoms with van der Waals surface area (Å²) in [6.07, 6.45) is 4.83. The maximum Gasteiger partial charge on any atom is 0.330 e. The van der Waals surface area contributed by atoms with Crippen molar-refractivity contribution in [1.82, 2.24) is 4.72 Å². The number of aryl methyl sites for hydroxylation is 2. The summed E-state index contributed by atoms with van der Waals surface area (Å²) in [6.45, 7) is 0. The number of aliphatic hydroxyl groups is 1. The van der Waals surface area contributed by atoms with Gasteiger partial charge in [-0.25, -0.2) is 9.03 Å². The first-order valence-corrected chi connectivity index (χ1v) is 9.48. The lowest BCUT2D eigenvalue weighted by Gasteiger charge is -2.16. The van der Waals surface area contributed by atoms with Crippen molar-refractivity contribution in [2.24, 2.45) is 0 Å². The van der Waals surface area contributed by atoms with E-state index in [0.29, 0.717) is 0 Å². The number of hydrogen-bond acceptors (Lipinski definition) is 4. The third-order valence-electron chi connectivity index (χ3n) is 4.03. The predicted molar refractivity (Wildman–Crippen MR) is 96.4 cm³/mol. The number of hydrogen-bond donors (Lipinski definition) is 3. The predicted octanol–water partition coefficient (Wildman–Crippen LogP) is 2.97. The zero-order chi connectivity index (χ0) is 17.9. The lowest BCUT2D eigenvalue weighted by Crippen LogP contribution is -2.29. The molecule has 0 spiro atoms. The summed E-state index contributed by atoms with van der Waals surface area (Å²) in [7, 11) is -3.90. The molecule has 0 aliphatic carbocycles. The van der Waals surface area contributed by atoms with Gasteiger partial charge in [0.15, 0.2) is 0 Å². The van der Waals surface area contributed by atoms with Crippen LogP contribution >= 0.6 is 0 Å². The third-order valence-corrected chi connectivity index (χ3v) is 5.32. The molecule has 3 N–H and O–H groups in total. The van der Waals surface area contributed by atoms with Crippen LogP contribution in [0.3, 0.4) is 0 Å². The molecule has 6 nitrogen and oxygen atoms in total. The standard InChI is InChI=1S/C18H20N2O4S/c21-17-12-15(9-5-4-8-14-6-2-1-3-7-14)10-11-16(17)20-13-18(22)19-25(20,23)24/h1-3,6-7,10-13,19,21-22H,4-5,8-9H2. The first-order valence-electron chi connectivity index (χ1n) is 8.04. The highest BCUT2D eigenvalue weighted by Gasteiger charge is 2.30. The van der Waals surface area contributed by atoms with E-state index in [2.05, 4.69) is 12.1 Å². The van der Waals surface area contributed by atoms with Gasteiger partial charge in [0, 0.05) is 0 Å². The molecular weight excluding hydrogens is 340 g/mol. The fraction of sp³-hybridized carbons (Fsp3) is 0.222. The molecule has 3 rings (SSSR count). The van der Waals surface area contributed by atoms with E-state index < -0.39 is 16.1 Å². The molecule has 0 aromatic heterocycles. The number of aliphatic hydroxyl groups excluding tert-OH is 1. The number of benzene rings is 2. The minimum atomic E-state index is -3.90. The number of aromatic hydroxyl groups is 1. The Bertz CT molecular complexity index is 879. The molecule has 0 amide bonds. The van der Waals surface area contributed by atoms with Gasteiger partial charge in [-0.2, -0.15) is 8.42 Å². The molecule has 2 aromatic carbocycles. The molecule has 0 unspecified atom stereocenters. The highest BCUT2D eigenvalue weighted by Crippen LogP contribution is 2.32. The normalized spacial score (nSPS) is 15.7. The lowest BCUT2D eigenvalue weighted by molar-refractivity contribution is 0.392. The molecule has 0 radical (unpaired) electrons. The van der Waals surface area contributed by atoms with E-state index in [9.17, 15) is 18.6 Å². The number of anilines is 1. The number of phenolic OH excluding ortho intramolecular Hbond substituents is 1. The van der Waals surface area contributed by atoms with Crippen molar-refractivity contribution < 1.29 is 18.6 Å². The summed E-state index contributed by atoms with van der Waals surface area (Å²) in [5.74, 6) is -0.624. The van der Waals surface area contributed by atoms with Crippen LogP contribution in [0.25, 0.3) is 0 Å². The van der Waals surface area contributed by atoms with Gasteiger partial charge in [-0.1, -0.05) is 36.4 Å². The van der Waals surface area contributed by atoms with E-state index in [4.69, 9.17) is 0 Å². The Morgan fingerprint density at radius 2 is 1.60 bits per heavy atom. The van der Waals surface area contributed by atoms with Crippen LogP contribution in [0, 0.1) is 0 Å². The maximum absolute atomic E-state index is 11.8. The zero-order valence-electron chi connectivity index (χ0n) is 13.6. The van der Waals surface area contributed by atoms with Crippen LogP contribution in [-0.2, 0) is 23.1 Å². The van der Waals surface area contributed by atoms with Crippen molar-refractivity contribution in [2.45, 2.75) is 25.7 Å². The van der Waals surface area contributed by atoms with Crippen molar-refractivity contribution in [3.05, 3.63) is 71.7 Å². The van der Waals surface area contributed by atoms with Crippen LogP contribution in [0.1, 0.15) is 24.0 Å². The Labute approximate surface area is 147 Å². The van der Waals surface area contributed by atoms with Crippen LogP contribution < -0.4 is 9.03 Å². The second kappa shape index (κ2) is 7.06. The molecule has 0 bridgehead atoms. The molecule has 25 heavy (non-hydrogen) atoms. The van der Waals surface area contributed by atoms with Crippen molar-refractivity contribution in [3.8, 4) is 5.75 Å². The average molecular weight is 360 g/mol. The van der Waals surface area contributed by atoms with Crippen LogP contribution in [-0.4, -0.2) is 18.6 Å². The topological polar surface area (TPSA) is 89.9 Å². The molecule has 7 heteroatoms. The van der Waals surface area contributed by atoms with Gasteiger partial charge in [-0.05, 0) is 48.9 Å². The molecule has 132 valence electrons. The van der Waals surface area contributed by atoms with E-state index in [1.54, 1.807) is 12.1 Å². The molecule has 1 heterocycles. The van der Waals surface area contributed by atoms with Gasteiger partial charge in [0.25, 0.3) is 0 Å². The van der Waals surface area contributed by atoms with E-state index in [-0.39, 0.29) is 11.4 Å². The summed E-state index contributed by atoms with van der Waals surface area (Å²) in [6, 6.07) is 15.2. The van der Waals surface area contributed by atoms with Crippen LogP contribution in [0.2, 0.25) is 0 Å². The van der Waals surface area contributed by atoms with Crippen molar-refractivity contribution >= 4 is 15.9 Å². The highest BCUT2D eigenvalue weighted by atomic mass is 32.2. The summed E-state index contributed by atoms with van der Waals surface area (Å²) < 4.78 is 26.5. The molecule has 0 atom stereocenters. The number of phenols is 1. The number of nitrogens with zero attached hydrogens (tertiary/aromatic N) is 1. The molecule has 1 aliphatic heterocycles. The lowest BCUT2D eigenvalue weighted by atomic mass is 10.0. The molecular formula is C18H20N2O4S. The van der Waals surface area contributed by atoms with Crippen LogP contribution in [0.5, 0.6) is 5.75 Å². The minimum Gasteiger partial charge on any atom is -0.506 e. The maximum atomic E-state index is 11.8. The van der Waals surface area contributed by atoms with Crippen LogP contribution in [0.4, 0.5) is 5.69 Å². The van der Waals surface area contributed by atoms with Gasteiger partial charge >= 0.3 is 10.2 Å². The molecule has 1 aliphatic rings. The second-order valence-electron chi connectivity index (χ2n) is 5.93. The third kappa shape index (κ3) is 4.06. The molecule has 0 fully saturated rings. The number of rotatable bonds is 6. The van der Waals surface area contributed by atoms with Crippen molar-refractivity contribution in [2.75, 3.05) is 4.31 Å². The van der Waals surface area contributed by atoms with Gasteiger partial charge in [0.2, 0.25) is 5.88 Å². The Kier molecular flexibility index (Phi) is 4.85. The average Bonchev–Trinajstić information content (AvgIpc) is 2.85. The fourth-order valence-corrected chi connectivity index (χ4v) is 3.87. The monoisotopic (exact) mass is 360 g/mol. The Hall–Kier alpha value is -2.67. The first-order chi connectivity index (χ1) is 12.0. The van der Waals surface area contributed by atoms with Gasteiger partial charge in [-0.3, -0.25) is 0 Å². The molecule has 0 saturated heterocycles. The Morgan fingerprint density at radius 1 is 0.920 bits per heavy atom. The van der Waals surface area contributed by atoms with Crippen molar-refractivity contribution in [1.29, 1.82) is 0 Å². The Morgan fingerprint density at radius 3 is 2.20 bits per heavy atom. The van der Waals surface area contributed by atoms with Gasteiger partial charge < -0.3 is 10.2 Å².